The molecule has 1 saturated heterocycles. The van der Waals surface area contributed by atoms with Crippen molar-refractivity contribution in [2.75, 3.05) is 30.2 Å². The minimum Gasteiger partial charge on any atom is -0.376 e. The van der Waals surface area contributed by atoms with Crippen LogP contribution in [0.1, 0.15) is 37.0 Å². The Labute approximate surface area is 194 Å². The Hall–Kier alpha value is -2.91. The summed E-state index contributed by atoms with van der Waals surface area (Å²) in [5, 5.41) is 0. The third kappa shape index (κ3) is 4.89. The van der Waals surface area contributed by atoms with Crippen LogP contribution in [0.5, 0.6) is 0 Å². The van der Waals surface area contributed by atoms with Gasteiger partial charge in [-0.05, 0) is 38.8 Å². The van der Waals surface area contributed by atoms with Crippen LogP contribution >= 0.6 is 0 Å². The first-order valence-corrected chi connectivity index (χ1v) is 13.0. The number of nitrogens with one attached hydrogen (secondary N) is 1. The summed E-state index contributed by atoms with van der Waals surface area (Å²) in [7, 11) is -1.64. The number of sulfonamides is 1. The second-order valence-corrected chi connectivity index (χ2v) is 10.2. The van der Waals surface area contributed by atoms with Crippen LogP contribution in [0.3, 0.4) is 0 Å². The minimum atomic E-state index is -3.51. The standard InChI is InChI=1S/C24H30N4O4S/c1-4-28(16-19-12-9-13-32-19)24(29)20-14-18(26-33(30,31)5-2)15-21-22(20)27(3)23(25-21)17-10-7-6-8-11-17/h6-8,10-11,14-15,19,26H,4-5,9,12-13,16H2,1-3H3/t19-/m0/s1. The van der Waals surface area contributed by atoms with E-state index >= 15 is 0 Å². The molecule has 1 aromatic heterocycles. The second kappa shape index (κ2) is 9.52. The van der Waals surface area contributed by atoms with E-state index in [-0.39, 0.29) is 17.8 Å². The van der Waals surface area contributed by atoms with Gasteiger partial charge in [-0.3, -0.25) is 9.52 Å². The molecule has 2 aromatic carbocycles. The highest BCUT2D eigenvalue weighted by molar-refractivity contribution is 7.92. The van der Waals surface area contributed by atoms with Crippen LogP contribution in [0.4, 0.5) is 5.69 Å². The van der Waals surface area contributed by atoms with E-state index in [4.69, 9.17) is 9.72 Å². The second-order valence-electron chi connectivity index (χ2n) is 8.24. The van der Waals surface area contributed by atoms with Crippen molar-refractivity contribution in [1.29, 1.82) is 0 Å². The number of fused-ring (bicyclic) bond motifs is 1. The molecule has 0 saturated carbocycles. The van der Waals surface area contributed by atoms with Crippen molar-refractivity contribution < 1.29 is 17.9 Å². The summed E-state index contributed by atoms with van der Waals surface area (Å²) in [6.07, 6.45) is 1.95. The molecule has 2 heterocycles. The minimum absolute atomic E-state index is 0.0255. The van der Waals surface area contributed by atoms with E-state index in [0.717, 1.165) is 25.0 Å². The average molecular weight is 471 g/mol. The van der Waals surface area contributed by atoms with Crippen molar-refractivity contribution >= 4 is 32.7 Å². The van der Waals surface area contributed by atoms with Gasteiger partial charge >= 0.3 is 0 Å². The van der Waals surface area contributed by atoms with Gasteiger partial charge in [0.1, 0.15) is 5.82 Å². The molecule has 33 heavy (non-hydrogen) atoms. The van der Waals surface area contributed by atoms with Gasteiger partial charge in [0.25, 0.3) is 5.91 Å². The molecule has 1 atom stereocenters. The zero-order valence-electron chi connectivity index (χ0n) is 19.2. The maximum absolute atomic E-state index is 13.7. The number of likely N-dealkylation sites (N-methyl/N-ethyl adjacent to an activating group) is 1. The van der Waals surface area contributed by atoms with Crippen molar-refractivity contribution in [2.24, 2.45) is 7.05 Å². The highest BCUT2D eigenvalue weighted by atomic mass is 32.2. The maximum atomic E-state index is 13.7. The number of carbonyl (C=O) groups is 1. The summed E-state index contributed by atoms with van der Waals surface area (Å²) in [4.78, 5) is 20.2. The lowest BCUT2D eigenvalue weighted by molar-refractivity contribution is 0.0540. The van der Waals surface area contributed by atoms with E-state index in [2.05, 4.69) is 4.72 Å². The van der Waals surface area contributed by atoms with E-state index in [1.165, 1.54) is 0 Å². The fraction of sp³-hybridized carbons (Fsp3) is 0.417. The molecule has 0 spiro atoms. The molecule has 4 rings (SSSR count). The molecule has 0 bridgehead atoms. The van der Waals surface area contributed by atoms with E-state index in [9.17, 15) is 13.2 Å². The Morgan fingerprint density at radius 1 is 1.24 bits per heavy atom. The van der Waals surface area contributed by atoms with Crippen molar-refractivity contribution in [2.45, 2.75) is 32.8 Å². The Morgan fingerprint density at radius 2 is 2.00 bits per heavy atom. The van der Waals surface area contributed by atoms with Gasteiger partial charge in [0.2, 0.25) is 10.0 Å². The Balaban J connectivity index is 1.84. The third-order valence-corrected chi connectivity index (χ3v) is 7.31. The molecule has 1 aliphatic heterocycles. The third-order valence-electron chi connectivity index (χ3n) is 6.00. The lowest BCUT2D eigenvalue weighted by Gasteiger charge is -2.25. The number of hydrogen-bond donors (Lipinski definition) is 1. The van der Waals surface area contributed by atoms with Gasteiger partial charge in [0.15, 0.2) is 0 Å². The first-order valence-electron chi connectivity index (χ1n) is 11.3. The smallest absolute Gasteiger partial charge is 0.256 e. The van der Waals surface area contributed by atoms with Crippen molar-refractivity contribution in [3.63, 3.8) is 0 Å². The summed E-state index contributed by atoms with van der Waals surface area (Å²) in [5.41, 5.74) is 2.89. The summed E-state index contributed by atoms with van der Waals surface area (Å²) in [6.45, 7) is 5.25. The predicted octanol–water partition coefficient (Wildman–Crippen LogP) is 3.64. The lowest BCUT2D eigenvalue weighted by Crippen LogP contribution is -2.37. The first kappa shape index (κ1) is 23.3. The van der Waals surface area contributed by atoms with Gasteiger partial charge in [-0.2, -0.15) is 0 Å². The normalized spacial score (nSPS) is 16.3. The summed E-state index contributed by atoms with van der Waals surface area (Å²) >= 11 is 0. The Kier molecular flexibility index (Phi) is 6.71. The van der Waals surface area contributed by atoms with Gasteiger partial charge in [-0.15, -0.1) is 0 Å². The van der Waals surface area contributed by atoms with E-state index in [1.807, 2.05) is 48.9 Å². The quantitative estimate of drug-likeness (QED) is 0.543. The number of aromatic nitrogens is 2. The average Bonchev–Trinajstić information content (AvgIpc) is 3.44. The molecular formula is C24H30N4O4S. The molecular weight excluding hydrogens is 440 g/mol. The molecule has 0 aliphatic carbocycles. The summed E-state index contributed by atoms with van der Waals surface area (Å²) in [6, 6.07) is 13.0. The number of amides is 1. The molecule has 1 fully saturated rings. The fourth-order valence-electron chi connectivity index (χ4n) is 4.23. The van der Waals surface area contributed by atoms with E-state index < -0.39 is 10.0 Å². The van der Waals surface area contributed by atoms with E-state index in [0.29, 0.717) is 41.2 Å². The van der Waals surface area contributed by atoms with Gasteiger partial charge in [0.05, 0.1) is 34.1 Å². The zero-order chi connectivity index (χ0) is 23.6. The Bertz CT molecular complexity index is 1250. The van der Waals surface area contributed by atoms with Crippen LogP contribution in [0, 0.1) is 0 Å². The van der Waals surface area contributed by atoms with Gasteiger partial charge in [-0.25, -0.2) is 13.4 Å². The number of anilines is 1. The van der Waals surface area contributed by atoms with E-state index in [1.54, 1.807) is 24.0 Å². The number of hydrogen-bond acceptors (Lipinski definition) is 5. The first-order chi connectivity index (χ1) is 15.8. The molecule has 9 heteroatoms. The number of carbonyl (C=O) groups excluding carboxylic acids is 1. The number of ether oxygens (including phenoxy) is 1. The monoisotopic (exact) mass is 470 g/mol. The Morgan fingerprint density at radius 3 is 2.64 bits per heavy atom. The van der Waals surface area contributed by atoms with Crippen molar-refractivity contribution in [1.82, 2.24) is 14.5 Å². The number of aryl methyl sites for hydroxylation is 1. The molecule has 3 aromatic rings. The number of imidazole rings is 1. The number of benzene rings is 2. The van der Waals surface area contributed by atoms with Crippen LogP contribution in [0.25, 0.3) is 22.4 Å². The molecule has 1 amide bonds. The molecule has 0 radical (unpaired) electrons. The van der Waals surface area contributed by atoms with Gasteiger partial charge in [0, 0.05) is 32.3 Å². The fourth-order valence-corrected chi connectivity index (χ4v) is 4.85. The van der Waals surface area contributed by atoms with Gasteiger partial charge < -0.3 is 14.2 Å². The topological polar surface area (TPSA) is 93.5 Å². The lowest BCUT2D eigenvalue weighted by atomic mass is 10.1. The molecule has 1 aliphatic rings. The van der Waals surface area contributed by atoms with Gasteiger partial charge in [-0.1, -0.05) is 30.3 Å². The van der Waals surface area contributed by atoms with Crippen LogP contribution in [0.15, 0.2) is 42.5 Å². The van der Waals surface area contributed by atoms with Crippen molar-refractivity contribution in [3.05, 3.63) is 48.0 Å². The molecule has 0 unspecified atom stereocenters. The summed E-state index contributed by atoms with van der Waals surface area (Å²) in [5.74, 6) is 0.474. The molecule has 8 nitrogen and oxygen atoms in total. The van der Waals surface area contributed by atoms with Crippen LogP contribution in [-0.2, 0) is 21.8 Å². The number of rotatable bonds is 8. The largest absolute Gasteiger partial charge is 0.376 e. The molecule has 1 N–H and O–H groups in total. The SMILES string of the molecule is CCN(C[C@@H]1CCCO1)C(=O)c1cc(NS(=O)(=O)CC)cc2nc(-c3ccccc3)n(C)c12. The number of nitrogens with zero attached hydrogens (tertiary/aromatic N) is 3. The highest BCUT2D eigenvalue weighted by Crippen LogP contribution is 2.30. The van der Waals surface area contributed by atoms with Crippen LogP contribution < -0.4 is 4.72 Å². The van der Waals surface area contributed by atoms with Crippen LogP contribution in [0.2, 0.25) is 0 Å². The van der Waals surface area contributed by atoms with Crippen LogP contribution in [-0.4, -0.2) is 60.3 Å². The highest BCUT2D eigenvalue weighted by Gasteiger charge is 2.26. The molecule has 176 valence electrons. The van der Waals surface area contributed by atoms with Crippen molar-refractivity contribution in [3.8, 4) is 11.4 Å². The maximum Gasteiger partial charge on any atom is 0.256 e. The zero-order valence-corrected chi connectivity index (χ0v) is 20.1. The predicted molar refractivity (Wildman–Crippen MR) is 130 cm³/mol. The summed E-state index contributed by atoms with van der Waals surface area (Å²) < 4.78 is 34.7.